The second-order valence-corrected chi connectivity index (χ2v) is 7.11. The molecule has 6 nitrogen and oxygen atoms in total. The third-order valence-corrected chi connectivity index (χ3v) is 5.61. The number of hydrogen-bond donors (Lipinski definition) is 4. The van der Waals surface area contributed by atoms with E-state index < -0.39 is 11.5 Å². The number of rotatable bonds is 9. The molecular weight excluding hydrogens is 318 g/mol. The fraction of sp³-hybridized carbons (Fsp3) is 0.632. The smallest absolute Gasteiger partial charge is 0.323 e. The van der Waals surface area contributed by atoms with Crippen molar-refractivity contribution in [2.24, 2.45) is 11.7 Å². The van der Waals surface area contributed by atoms with Crippen LogP contribution in [0.2, 0.25) is 0 Å². The van der Waals surface area contributed by atoms with Gasteiger partial charge in [0, 0.05) is 12.6 Å². The summed E-state index contributed by atoms with van der Waals surface area (Å²) in [4.78, 5) is 14.2. The van der Waals surface area contributed by atoms with E-state index in [4.69, 9.17) is 10.9 Å². The van der Waals surface area contributed by atoms with E-state index in [-0.39, 0.29) is 5.92 Å². The van der Waals surface area contributed by atoms with Crippen molar-refractivity contribution in [3.05, 3.63) is 35.9 Å². The second kappa shape index (κ2) is 9.29. The van der Waals surface area contributed by atoms with Crippen LogP contribution in [0.3, 0.4) is 0 Å². The Morgan fingerprint density at radius 1 is 1.32 bits per heavy atom. The summed E-state index contributed by atoms with van der Waals surface area (Å²) in [6.45, 7) is 4.39. The summed E-state index contributed by atoms with van der Waals surface area (Å²) >= 11 is 0. The fourth-order valence-electron chi connectivity index (χ4n) is 3.85. The summed E-state index contributed by atoms with van der Waals surface area (Å²) in [5, 5.41) is 18.3. The topological polar surface area (TPSA) is 98.8 Å². The van der Waals surface area contributed by atoms with Crippen molar-refractivity contribution in [2.75, 3.05) is 19.6 Å². The number of hydroxylamine groups is 1. The predicted octanol–water partition coefficient (Wildman–Crippen LogP) is 2.39. The Morgan fingerprint density at radius 3 is 2.52 bits per heavy atom. The summed E-state index contributed by atoms with van der Waals surface area (Å²) in [6.07, 6.45) is 3.46. The molecule has 6 heteroatoms. The van der Waals surface area contributed by atoms with Crippen LogP contribution in [-0.4, -0.2) is 46.4 Å². The van der Waals surface area contributed by atoms with Crippen molar-refractivity contribution in [1.82, 2.24) is 10.4 Å². The first-order valence-electron chi connectivity index (χ1n) is 9.17. The molecule has 140 valence electrons. The SMILES string of the molecule is CC(c1ccccc1)N1CCC(C(N)(CCCCNO)C(=O)O)CC1. The van der Waals surface area contributed by atoms with Gasteiger partial charge in [0.05, 0.1) is 0 Å². The quantitative estimate of drug-likeness (QED) is 0.404. The van der Waals surface area contributed by atoms with E-state index in [0.29, 0.717) is 31.8 Å². The number of aliphatic carboxylic acids is 1. The fourth-order valence-corrected chi connectivity index (χ4v) is 3.85. The predicted molar refractivity (Wildman–Crippen MR) is 97.3 cm³/mol. The van der Waals surface area contributed by atoms with Gasteiger partial charge in [-0.2, -0.15) is 0 Å². The maximum atomic E-state index is 11.8. The van der Waals surface area contributed by atoms with Crippen LogP contribution in [0.1, 0.15) is 50.6 Å². The molecule has 1 aliphatic rings. The summed E-state index contributed by atoms with van der Waals surface area (Å²) in [5.41, 5.74) is 8.55. The summed E-state index contributed by atoms with van der Waals surface area (Å²) in [5.74, 6) is -0.912. The summed E-state index contributed by atoms with van der Waals surface area (Å²) < 4.78 is 0. The van der Waals surface area contributed by atoms with Gasteiger partial charge in [0.15, 0.2) is 0 Å². The van der Waals surface area contributed by atoms with Crippen molar-refractivity contribution >= 4 is 5.97 Å². The molecule has 1 heterocycles. The molecule has 0 amide bonds. The highest BCUT2D eigenvalue weighted by molar-refractivity contribution is 5.79. The van der Waals surface area contributed by atoms with Crippen LogP contribution in [0.25, 0.3) is 0 Å². The number of likely N-dealkylation sites (tertiary alicyclic amines) is 1. The average molecular weight is 349 g/mol. The van der Waals surface area contributed by atoms with Crippen LogP contribution in [0.15, 0.2) is 30.3 Å². The third kappa shape index (κ3) is 5.01. The highest BCUT2D eigenvalue weighted by Gasteiger charge is 2.43. The molecule has 1 saturated heterocycles. The van der Waals surface area contributed by atoms with Crippen LogP contribution in [0.5, 0.6) is 0 Å². The highest BCUT2D eigenvalue weighted by atomic mass is 16.5. The van der Waals surface area contributed by atoms with E-state index in [0.717, 1.165) is 25.9 Å². The van der Waals surface area contributed by atoms with Crippen molar-refractivity contribution < 1.29 is 15.1 Å². The molecular formula is C19H31N3O3. The van der Waals surface area contributed by atoms with E-state index >= 15 is 0 Å². The van der Waals surface area contributed by atoms with E-state index in [1.807, 2.05) is 6.07 Å². The molecule has 5 N–H and O–H groups in total. The van der Waals surface area contributed by atoms with Crippen LogP contribution in [0, 0.1) is 5.92 Å². The number of hydrogen-bond acceptors (Lipinski definition) is 5. The van der Waals surface area contributed by atoms with Gasteiger partial charge in [-0.05, 0) is 63.6 Å². The number of benzene rings is 1. The first-order chi connectivity index (χ1) is 12.0. The Morgan fingerprint density at radius 2 is 1.96 bits per heavy atom. The highest BCUT2D eigenvalue weighted by Crippen LogP contribution is 2.33. The minimum Gasteiger partial charge on any atom is -0.480 e. The number of carbonyl (C=O) groups is 1. The lowest BCUT2D eigenvalue weighted by atomic mass is 9.75. The largest absolute Gasteiger partial charge is 0.480 e. The van der Waals surface area contributed by atoms with E-state index in [2.05, 4.69) is 41.6 Å². The number of nitrogens with zero attached hydrogens (tertiary/aromatic N) is 1. The zero-order valence-electron chi connectivity index (χ0n) is 15.0. The van der Waals surface area contributed by atoms with Gasteiger partial charge < -0.3 is 16.0 Å². The summed E-state index contributed by atoms with van der Waals surface area (Å²) in [7, 11) is 0. The Hall–Kier alpha value is -1.47. The van der Waals surface area contributed by atoms with Gasteiger partial charge in [0.2, 0.25) is 0 Å². The molecule has 0 aliphatic carbocycles. The van der Waals surface area contributed by atoms with Crippen LogP contribution >= 0.6 is 0 Å². The first-order valence-corrected chi connectivity index (χ1v) is 9.17. The minimum absolute atomic E-state index is 0.00805. The van der Waals surface area contributed by atoms with Gasteiger partial charge in [-0.25, -0.2) is 5.48 Å². The number of piperidine rings is 1. The standard InChI is InChI=1S/C19H31N3O3/c1-15(16-7-3-2-4-8-16)22-13-9-17(10-14-22)19(20,18(23)24)11-5-6-12-21-25/h2-4,7-8,15,17,21,25H,5-6,9-14,20H2,1H3,(H,23,24). The number of carboxylic acids is 1. The molecule has 0 spiro atoms. The Labute approximate surface area is 150 Å². The molecule has 1 aliphatic heterocycles. The van der Waals surface area contributed by atoms with E-state index in [9.17, 15) is 9.90 Å². The number of unbranched alkanes of at least 4 members (excludes halogenated alkanes) is 1. The van der Waals surface area contributed by atoms with E-state index in [1.165, 1.54) is 5.56 Å². The Bertz CT molecular complexity index is 532. The van der Waals surface area contributed by atoms with Crippen LogP contribution in [-0.2, 0) is 4.79 Å². The zero-order valence-corrected chi connectivity index (χ0v) is 15.0. The summed E-state index contributed by atoms with van der Waals surface area (Å²) in [6, 6.07) is 10.7. The first kappa shape index (κ1) is 19.8. The second-order valence-electron chi connectivity index (χ2n) is 7.11. The maximum Gasteiger partial charge on any atom is 0.323 e. The van der Waals surface area contributed by atoms with Gasteiger partial charge in [-0.1, -0.05) is 30.3 Å². The average Bonchev–Trinajstić information content (AvgIpc) is 2.65. The molecule has 25 heavy (non-hydrogen) atoms. The molecule has 0 radical (unpaired) electrons. The lowest BCUT2D eigenvalue weighted by Crippen LogP contribution is -2.57. The molecule has 1 aromatic carbocycles. The molecule has 2 rings (SSSR count). The van der Waals surface area contributed by atoms with Gasteiger partial charge in [-0.15, -0.1) is 0 Å². The normalized spacial score (nSPS) is 20.1. The third-order valence-electron chi connectivity index (χ3n) is 5.61. The van der Waals surface area contributed by atoms with Gasteiger partial charge in [0.1, 0.15) is 5.54 Å². The number of nitrogens with one attached hydrogen (secondary N) is 1. The van der Waals surface area contributed by atoms with Gasteiger partial charge in [0.25, 0.3) is 0 Å². The monoisotopic (exact) mass is 349 g/mol. The maximum absolute atomic E-state index is 11.8. The molecule has 2 atom stereocenters. The Balaban J connectivity index is 1.93. The Kier molecular flexibility index (Phi) is 7.38. The molecule has 0 bridgehead atoms. The van der Waals surface area contributed by atoms with Crippen LogP contribution in [0.4, 0.5) is 0 Å². The van der Waals surface area contributed by atoms with Crippen molar-refractivity contribution in [3.8, 4) is 0 Å². The zero-order chi connectivity index (χ0) is 18.3. The van der Waals surface area contributed by atoms with Crippen molar-refractivity contribution in [3.63, 3.8) is 0 Å². The minimum atomic E-state index is -1.17. The molecule has 1 aromatic rings. The van der Waals surface area contributed by atoms with Gasteiger partial charge >= 0.3 is 5.97 Å². The molecule has 1 fully saturated rings. The van der Waals surface area contributed by atoms with Crippen LogP contribution < -0.4 is 11.2 Å². The van der Waals surface area contributed by atoms with Gasteiger partial charge in [-0.3, -0.25) is 9.69 Å². The number of nitrogens with two attached hydrogens (primary N) is 1. The van der Waals surface area contributed by atoms with Crippen molar-refractivity contribution in [1.29, 1.82) is 0 Å². The number of carboxylic acid groups (broad SMARTS) is 1. The lowest BCUT2D eigenvalue weighted by Gasteiger charge is -2.42. The lowest BCUT2D eigenvalue weighted by molar-refractivity contribution is -0.147. The molecule has 0 saturated carbocycles. The molecule has 2 unspecified atom stereocenters. The van der Waals surface area contributed by atoms with E-state index in [1.54, 1.807) is 0 Å². The molecule has 0 aromatic heterocycles. The van der Waals surface area contributed by atoms with Crippen molar-refractivity contribution in [2.45, 2.75) is 50.6 Å².